The third kappa shape index (κ3) is 4.11. The molecular formula is C16H16ClNO. The van der Waals surface area contributed by atoms with Gasteiger partial charge in [-0.05, 0) is 16.3 Å². The minimum Gasteiger partial charge on any atom is -0.352 e. The molecule has 2 aromatic carbocycles. The molecule has 0 spiro atoms. The summed E-state index contributed by atoms with van der Waals surface area (Å²) in [6, 6.07) is 14.2. The van der Waals surface area contributed by atoms with Crippen LogP contribution in [0.25, 0.3) is 10.8 Å². The minimum absolute atomic E-state index is 0.0227. The van der Waals surface area contributed by atoms with Crippen LogP contribution in [-0.2, 0) is 11.2 Å². The Morgan fingerprint density at radius 1 is 1.11 bits per heavy atom. The number of hydrogen-bond donors (Lipinski definition) is 1. The number of hydrogen-bond acceptors (Lipinski definition) is 1. The van der Waals surface area contributed by atoms with Gasteiger partial charge in [-0.1, -0.05) is 54.6 Å². The molecule has 0 unspecified atom stereocenters. The first kappa shape index (κ1) is 13.6. The van der Waals surface area contributed by atoms with Gasteiger partial charge in [0.2, 0.25) is 5.91 Å². The van der Waals surface area contributed by atoms with E-state index in [2.05, 4.69) is 23.5 Å². The molecule has 1 amide bonds. The standard InChI is InChI=1S/C16H16ClNO/c17-9-3-4-10-18-16(19)12-13-7-8-14-5-1-2-6-15(14)11-13/h1-8,11H,9-10,12H2,(H,18,19)/b4-3+. The molecule has 0 aromatic heterocycles. The summed E-state index contributed by atoms with van der Waals surface area (Å²) in [6.45, 7) is 0.527. The van der Waals surface area contributed by atoms with Gasteiger partial charge in [-0.15, -0.1) is 11.6 Å². The zero-order valence-electron chi connectivity index (χ0n) is 10.6. The number of nitrogens with one attached hydrogen (secondary N) is 1. The Hall–Kier alpha value is -1.80. The maximum Gasteiger partial charge on any atom is 0.224 e. The first-order chi connectivity index (χ1) is 9.29. The molecule has 0 saturated heterocycles. The molecule has 2 rings (SSSR count). The number of carbonyl (C=O) groups excluding carboxylic acids is 1. The van der Waals surface area contributed by atoms with Gasteiger partial charge < -0.3 is 5.32 Å². The van der Waals surface area contributed by atoms with Gasteiger partial charge in [0, 0.05) is 12.4 Å². The summed E-state index contributed by atoms with van der Waals surface area (Å²) in [4.78, 5) is 11.7. The zero-order chi connectivity index (χ0) is 13.5. The molecule has 0 saturated carbocycles. The molecule has 0 aliphatic rings. The molecule has 19 heavy (non-hydrogen) atoms. The van der Waals surface area contributed by atoms with Crippen molar-refractivity contribution in [3.8, 4) is 0 Å². The molecule has 2 nitrogen and oxygen atoms in total. The summed E-state index contributed by atoms with van der Waals surface area (Å²) in [6.07, 6.45) is 4.07. The van der Waals surface area contributed by atoms with E-state index in [0.717, 1.165) is 10.9 Å². The average molecular weight is 274 g/mol. The Kier molecular flexibility index (Phi) is 4.99. The SMILES string of the molecule is O=C(Cc1ccc2ccccc2c1)NC/C=C/CCl. The second-order valence-corrected chi connectivity index (χ2v) is 4.60. The number of fused-ring (bicyclic) bond motifs is 1. The highest BCUT2D eigenvalue weighted by molar-refractivity contribution is 6.18. The summed E-state index contributed by atoms with van der Waals surface area (Å²) in [5.74, 6) is 0.495. The van der Waals surface area contributed by atoms with E-state index in [9.17, 15) is 4.79 Å². The largest absolute Gasteiger partial charge is 0.352 e. The predicted octanol–water partition coefficient (Wildman–Crippen LogP) is 3.29. The van der Waals surface area contributed by atoms with Crippen LogP contribution in [0.15, 0.2) is 54.6 Å². The van der Waals surface area contributed by atoms with Crippen molar-refractivity contribution in [3.63, 3.8) is 0 Å². The van der Waals surface area contributed by atoms with E-state index in [0.29, 0.717) is 18.8 Å². The maximum atomic E-state index is 11.7. The fourth-order valence-corrected chi connectivity index (χ4v) is 2.04. The number of alkyl halides is 1. The van der Waals surface area contributed by atoms with Crippen LogP contribution in [0.4, 0.5) is 0 Å². The summed E-state index contributed by atoms with van der Waals surface area (Å²) >= 11 is 5.50. The highest BCUT2D eigenvalue weighted by Gasteiger charge is 2.02. The molecule has 0 radical (unpaired) electrons. The summed E-state index contributed by atoms with van der Waals surface area (Å²) in [5, 5.41) is 5.18. The molecule has 0 bridgehead atoms. The van der Waals surface area contributed by atoms with Crippen molar-refractivity contribution in [3.05, 3.63) is 60.2 Å². The Morgan fingerprint density at radius 2 is 1.89 bits per heavy atom. The van der Waals surface area contributed by atoms with E-state index in [1.54, 1.807) is 0 Å². The van der Waals surface area contributed by atoms with Gasteiger partial charge in [-0.25, -0.2) is 0 Å². The molecular weight excluding hydrogens is 258 g/mol. The van der Waals surface area contributed by atoms with Crippen molar-refractivity contribution in [1.82, 2.24) is 5.32 Å². The van der Waals surface area contributed by atoms with Crippen molar-refractivity contribution in [2.45, 2.75) is 6.42 Å². The first-order valence-corrected chi connectivity index (χ1v) is 6.78. The zero-order valence-corrected chi connectivity index (χ0v) is 11.4. The number of allylic oxidation sites excluding steroid dienone is 1. The Balaban J connectivity index is 1.97. The van der Waals surface area contributed by atoms with Gasteiger partial charge in [0.1, 0.15) is 0 Å². The number of rotatable bonds is 5. The molecule has 2 aromatic rings. The van der Waals surface area contributed by atoms with E-state index in [-0.39, 0.29) is 5.91 Å². The third-order valence-corrected chi connectivity index (χ3v) is 3.03. The van der Waals surface area contributed by atoms with Crippen molar-refractivity contribution in [2.24, 2.45) is 0 Å². The fourth-order valence-electron chi connectivity index (χ4n) is 1.92. The van der Waals surface area contributed by atoms with E-state index < -0.39 is 0 Å². The second kappa shape index (κ2) is 6.95. The second-order valence-electron chi connectivity index (χ2n) is 4.29. The van der Waals surface area contributed by atoms with Crippen LogP contribution in [0.2, 0.25) is 0 Å². The lowest BCUT2D eigenvalue weighted by molar-refractivity contribution is -0.120. The van der Waals surface area contributed by atoms with Crippen molar-refractivity contribution in [2.75, 3.05) is 12.4 Å². The highest BCUT2D eigenvalue weighted by Crippen LogP contribution is 2.15. The van der Waals surface area contributed by atoms with Gasteiger partial charge in [-0.3, -0.25) is 4.79 Å². The van der Waals surface area contributed by atoms with Crippen LogP contribution < -0.4 is 5.32 Å². The van der Waals surface area contributed by atoms with E-state index in [4.69, 9.17) is 11.6 Å². The van der Waals surface area contributed by atoms with Gasteiger partial charge >= 0.3 is 0 Å². The molecule has 0 atom stereocenters. The Bertz CT molecular complexity index is 592. The predicted molar refractivity (Wildman–Crippen MR) is 80.5 cm³/mol. The molecule has 3 heteroatoms. The van der Waals surface area contributed by atoms with Crippen molar-refractivity contribution < 1.29 is 4.79 Å². The summed E-state index contributed by atoms with van der Waals surface area (Å²) in [7, 11) is 0. The maximum absolute atomic E-state index is 11.7. The lowest BCUT2D eigenvalue weighted by atomic mass is 10.1. The molecule has 0 aliphatic carbocycles. The fraction of sp³-hybridized carbons (Fsp3) is 0.188. The summed E-state index contributed by atoms with van der Waals surface area (Å²) < 4.78 is 0. The van der Waals surface area contributed by atoms with Gasteiger partial charge in [0.05, 0.1) is 6.42 Å². The lowest BCUT2D eigenvalue weighted by Crippen LogP contribution is -2.25. The average Bonchev–Trinajstić information content (AvgIpc) is 2.43. The van der Waals surface area contributed by atoms with Gasteiger partial charge in [0.25, 0.3) is 0 Å². The molecule has 98 valence electrons. The van der Waals surface area contributed by atoms with Crippen LogP contribution in [0.5, 0.6) is 0 Å². The highest BCUT2D eigenvalue weighted by atomic mass is 35.5. The van der Waals surface area contributed by atoms with Crippen LogP contribution >= 0.6 is 11.6 Å². The van der Waals surface area contributed by atoms with Gasteiger partial charge in [-0.2, -0.15) is 0 Å². The Labute approximate surface area is 118 Å². The first-order valence-electron chi connectivity index (χ1n) is 6.25. The number of halogens is 1. The van der Waals surface area contributed by atoms with Crippen LogP contribution in [0, 0.1) is 0 Å². The topological polar surface area (TPSA) is 29.1 Å². The van der Waals surface area contributed by atoms with E-state index >= 15 is 0 Å². The smallest absolute Gasteiger partial charge is 0.224 e. The number of benzene rings is 2. The molecule has 0 heterocycles. The van der Waals surface area contributed by atoms with Gasteiger partial charge in [0.15, 0.2) is 0 Å². The monoisotopic (exact) mass is 273 g/mol. The third-order valence-electron chi connectivity index (χ3n) is 2.85. The quantitative estimate of drug-likeness (QED) is 0.657. The van der Waals surface area contributed by atoms with Crippen molar-refractivity contribution in [1.29, 1.82) is 0 Å². The van der Waals surface area contributed by atoms with E-state index in [1.807, 2.05) is 36.4 Å². The summed E-state index contributed by atoms with van der Waals surface area (Å²) in [5.41, 5.74) is 1.03. The van der Waals surface area contributed by atoms with Crippen molar-refractivity contribution >= 4 is 28.3 Å². The van der Waals surface area contributed by atoms with Crippen LogP contribution in [0.1, 0.15) is 5.56 Å². The van der Waals surface area contributed by atoms with Crippen LogP contribution in [0.3, 0.4) is 0 Å². The lowest BCUT2D eigenvalue weighted by Gasteiger charge is -2.04. The van der Waals surface area contributed by atoms with E-state index in [1.165, 1.54) is 5.39 Å². The number of carbonyl (C=O) groups is 1. The molecule has 0 fully saturated rings. The minimum atomic E-state index is 0.0227. The number of amides is 1. The Morgan fingerprint density at radius 3 is 2.68 bits per heavy atom. The normalized spacial score (nSPS) is 11.0. The molecule has 0 aliphatic heterocycles. The van der Waals surface area contributed by atoms with Crippen LogP contribution in [-0.4, -0.2) is 18.3 Å². The molecule has 1 N–H and O–H groups in total.